The molecule has 0 spiro atoms. The van der Waals surface area contributed by atoms with Crippen LogP contribution in [0.2, 0.25) is 0 Å². The molecule has 1 aromatic carbocycles. The van der Waals surface area contributed by atoms with Gasteiger partial charge in [0.15, 0.2) is 0 Å². The molecule has 0 saturated heterocycles. The van der Waals surface area contributed by atoms with E-state index >= 15 is 0 Å². The quantitative estimate of drug-likeness (QED) is 0.719. The monoisotopic (exact) mass is 364 g/mol. The van der Waals surface area contributed by atoms with Crippen molar-refractivity contribution in [1.82, 2.24) is 30.0 Å². The second-order valence-electron chi connectivity index (χ2n) is 6.95. The molecule has 27 heavy (non-hydrogen) atoms. The maximum atomic E-state index is 12.7. The van der Waals surface area contributed by atoms with E-state index in [0.29, 0.717) is 6.54 Å². The molecule has 4 rings (SSSR count). The molecule has 0 fully saturated rings. The first-order chi connectivity index (χ1) is 13.1. The van der Waals surface area contributed by atoms with Crippen LogP contribution < -0.4 is 10.6 Å². The summed E-state index contributed by atoms with van der Waals surface area (Å²) in [5, 5.41) is 10.6. The topological polar surface area (TPSA) is 76.8 Å². The third kappa shape index (κ3) is 3.64. The predicted octanol–water partition coefficient (Wildman–Crippen LogP) is 1.48. The van der Waals surface area contributed by atoms with Crippen LogP contribution >= 0.6 is 0 Å². The maximum absolute atomic E-state index is 12.7. The second-order valence-corrected chi connectivity index (χ2v) is 6.95. The molecule has 2 aromatic heterocycles. The smallest absolute Gasteiger partial charge is 0.242 e. The summed E-state index contributed by atoms with van der Waals surface area (Å²) < 4.78 is 3.96. The van der Waals surface area contributed by atoms with E-state index in [9.17, 15) is 4.79 Å². The Balaban J connectivity index is 1.41. The molecule has 7 heteroatoms. The van der Waals surface area contributed by atoms with Crippen LogP contribution in [0.25, 0.3) is 0 Å². The van der Waals surface area contributed by atoms with Gasteiger partial charge in [0, 0.05) is 56.8 Å². The van der Waals surface area contributed by atoms with Crippen LogP contribution in [0, 0.1) is 6.92 Å². The molecule has 1 amide bonds. The lowest BCUT2D eigenvalue weighted by Crippen LogP contribution is -2.41. The highest BCUT2D eigenvalue weighted by Crippen LogP contribution is 2.22. The van der Waals surface area contributed by atoms with Gasteiger partial charge in [-0.3, -0.25) is 9.48 Å². The van der Waals surface area contributed by atoms with Gasteiger partial charge < -0.3 is 15.2 Å². The first-order valence-corrected chi connectivity index (χ1v) is 9.19. The third-order valence-electron chi connectivity index (χ3n) is 5.11. The highest BCUT2D eigenvalue weighted by Gasteiger charge is 2.28. The van der Waals surface area contributed by atoms with E-state index in [4.69, 9.17) is 0 Å². The molecule has 0 bridgehead atoms. The standard InChI is InChI=1S/C20H24N6O/c1-14-21-8-9-26(14)13-16-5-3-4-15(10-16)11-23-20(27)19-17-12-24-25(2)18(17)6-7-22-19/h3-5,8-10,12,19,22H,6-7,11,13H2,1-2H3,(H,23,27). The second kappa shape index (κ2) is 7.36. The normalized spacial score (nSPS) is 16.1. The molecule has 0 radical (unpaired) electrons. The predicted molar refractivity (Wildman–Crippen MR) is 102 cm³/mol. The van der Waals surface area contributed by atoms with Crippen molar-refractivity contribution >= 4 is 5.91 Å². The summed E-state index contributed by atoms with van der Waals surface area (Å²) in [6.07, 6.45) is 6.47. The SMILES string of the molecule is Cc1nccn1Cc1cccc(CNC(=O)C2NCCc3c2cnn3C)c1. The van der Waals surface area contributed by atoms with Gasteiger partial charge in [-0.05, 0) is 18.1 Å². The molecule has 1 unspecified atom stereocenters. The Hall–Kier alpha value is -2.93. The zero-order chi connectivity index (χ0) is 18.8. The summed E-state index contributed by atoms with van der Waals surface area (Å²) in [5.41, 5.74) is 4.38. The van der Waals surface area contributed by atoms with Crippen molar-refractivity contribution < 1.29 is 4.79 Å². The Kier molecular flexibility index (Phi) is 4.77. The van der Waals surface area contributed by atoms with Gasteiger partial charge in [-0.15, -0.1) is 0 Å². The molecule has 3 aromatic rings. The van der Waals surface area contributed by atoms with Crippen molar-refractivity contribution in [3.63, 3.8) is 0 Å². The molecule has 1 aliphatic rings. The van der Waals surface area contributed by atoms with E-state index in [0.717, 1.165) is 42.2 Å². The summed E-state index contributed by atoms with van der Waals surface area (Å²) in [6, 6.07) is 7.95. The number of aromatic nitrogens is 4. The van der Waals surface area contributed by atoms with E-state index in [2.05, 4.69) is 37.4 Å². The van der Waals surface area contributed by atoms with Crippen LogP contribution in [-0.2, 0) is 31.4 Å². The van der Waals surface area contributed by atoms with Gasteiger partial charge in [0.2, 0.25) is 5.91 Å². The van der Waals surface area contributed by atoms with Crippen molar-refractivity contribution in [3.05, 3.63) is 71.1 Å². The van der Waals surface area contributed by atoms with Crippen LogP contribution in [-0.4, -0.2) is 31.8 Å². The summed E-state index contributed by atoms with van der Waals surface area (Å²) >= 11 is 0. The van der Waals surface area contributed by atoms with Gasteiger partial charge in [0.25, 0.3) is 0 Å². The van der Waals surface area contributed by atoms with Gasteiger partial charge >= 0.3 is 0 Å². The number of rotatable bonds is 5. The van der Waals surface area contributed by atoms with Gasteiger partial charge in [-0.2, -0.15) is 5.10 Å². The Morgan fingerprint density at radius 2 is 2.22 bits per heavy atom. The molecule has 0 aliphatic carbocycles. The zero-order valence-electron chi connectivity index (χ0n) is 15.6. The fraction of sp³-hybridized carbons (Fsp3) is 0.350. The molecular weight excluding hydrogens is 340 g/mol. The lowest BCUT2D eigenvalue weighted by atomic mass is 10.0. The lowest BCUT2D eigenvalue weighted by molar-refractivity contribution is -0.123. The average molecular weight is 364 g/mol. The van der Waals surface area contributed by atoms with E-state index in [1.165, 1.54) is 5.56 Å². The van der Waals surface area contributed by atoms with E-state index in [-0.39, 0.29) is 11.9 Å². The number of hydrogen-bond acceptors (Lipinski definition) is 4. The summed E-state index contributed by atoms with van der Waals surface area (Å²) in [6.45, 7) is 4.05. The zero-order valence-corrected chi connectivity index (χ0v) is 15.6. The van der Waals surface area contributed by atoms with Gasteiger partial charge in [0.05, 0.1) is 6.20 Å². The minimum Gasteiger partial charge on any atom is -0.350 e. The van der Waals surface area contributed by atoms with Gasteiger partial charge in [-0.25, -0.2) is 4.98 Å². The maximum Gasteiger partial charge on any atom is 0.242 e. The van der Waals surface area contributed by atoms with E-state index < -0.39 is 0 Å². The fourth-order valence-corrected chi connectivity index (χ4v) is 3.60. The summed E-state index contributed by atoms with van der Waals surface area (Å²) in [5.74, 6) is 0.976. The lowest BCUT2D eigenvalue weighted by Gasteiger charge is -2.23. The molecule has 140 valence electrons. The minimum atomic E-state index is -0.334. The number of amides is 1. The summed E-state index contributed by atoms with van der Waals surface area (Å²) in [4.78, 5) is 17.0. The molecule has 1 aliphatic heterocycles. The number of benzene rings is 1. The fourth-order valence-electron chi connectivity index (χ4n) is 3.60. The highest BCUT2D eigenvalue weighted by molar-refractivity contribution is 5.83. The largest absolute Gasteiger partial charge is 0.350 e. The molecule has 0 saturated carbocycles. The number of imidazole rings is 1. The molecule has 2 N–H and O–H groups in total. The van der Waals surface area contributed by atoms with Crippen molar-refractivity contribution in [2.24, 2.45) is 7.05 Å². The number of aryl methyl sites for hydroxylation is 2. The van der Waals surface area contributed by atoms with Crippen molar-refractivity contribution in [2.45, 2.75) is 32.5 Å². The number of nitrogens with zero attached hydrogens (tertiary/aromatic N) is 4. The Morgan fingerprint density at radius 3 is 3.04 bits per heavy atom. The minimum absolute atomic E-state index is 0.0141. The van der Waals surface area contributed by atoms with Gasteiger partial charge in [-0.1, -0.05) is 24.3 Å². The van der Waals surface area contributed by atoms with Crippen LogP contribution in [0.3, 0.4) is 0 Å². The van der Waals surface area contributed by atoms with Crippen LogP contribution in [0.5, 0.6) is 0 Å². The summed E-state index contributed by atoms with van der Waals surface area (Å²) in [7, 11) is 1.92. The van der Waals surface area contributed by atoms with Crippen molar-refractivity contribution in [2.75, 3.05) is 6.54 Å². The van der Waals surface area contributed by atoms with Crippen LogP contribution in [0.4, 0.5) is 0 Å². The number of nitrogens with one attached hydrogen (secondary N) is 2. The van der Waals surface area contributed by atoms with Crippen molar-refractivity contribution in [3.8, 4) is 0 Å². The van der Waals surface area contributed by atoms with E-state index in [1.54, 1.807) is 6.20 Å². The van der Waals surface area contributed by atoms with Crippen LogP contribution in [0.1, 0.15) is 34.3 Å². The molecule has 7 nitrogen and oxygen atoms in total. The Bertz CT molecular complexity index is 957. The van der Waals surface area contributed by atoms with Crippen LogP contribution in [0.15, 0.2) is 42.9 Å². The van der Waals surface area contributed by atoms with E-state index in [1.807, 2.05) is 43.2 Å². The third-order valence-corrected chi connectivity index (χ3v) is 5.11. The average Bonchev–Trinajstić information content (AvgIpc) is 3.26. The Labute approximate surface area is 158 Å². The highest BCUT2D eigenvalue weighted by atomic mass is 16.2. The molecule has 3 heterocycles. The first-order valence-electron chi connectivity index (χ1n) is 9.19. The first kappa shape index (κ1) is 17.5. The number of carbonyl (C=O) groups excluding carboxylic acids is 1. The van der Waals surface area contributed by atoms with Gasteiger partial charge in [0.1, 0.15) is 11.9 Å². The number of hydrogen-bond donors (Lipinski definition) is 2. The molecule has 1 atom stereocenters. The number of fused-ring (bicyclic) bond motifs is 1. The molecular formula is C20H24N6O. The Morgan fingerprint density at radius 1 is 1.37 bits per heavy atom. The van der Waals surface area contributed by atoms with Crippen molar-refractivity contribution in [1.29, 1.82) is 0 Å². The number of carbonyl (C=O) groups is 1.